The molecule has 3 aromatic carbocycles. The van der Waals surface area contributed by atoms with E-state index in [0.717, 1.165) is 26.9 Å². The van der Waals surface area contributed by atoms with E-state index in [1.54, 1.807) is 31.2 Å². The number of carbonyl (C=O) groups excluding carboxylic acids is 1. The maximum Gasteiger partial charge on any atom is 0.241 e. The molecular formula is C21H21FN2O3S. The minimum absolute atomic E-state index is 0.349. The largest absolute Gasteiger partial charge is 0.348 e. The molecule has 0 saturated carbocycles. The fraction of sp³-hybridized carbons (Fsp3) is 0.190. The molecule has 0 bridgehead atoms. The number of halogens is 1. The van der Waals surface area contributed by atoms with Gasteiger partial charge >= 0.3 is 0 Å². The minimum Gasteiger partial charge on any atom is -0.348 e. The zero-order valence-corrected chi connectivity index (χ0v) is 16.4. The highest BCUT2D eigenvalue weighted by molar-refractivity contribution is 7.92. The van der Waals surface area contributed by atoms with Crippen LogP contribution >= 0.6 is 0 Å². The number of rotatable bonds is 6. The van der Waals surface area contributed by atoms with Crippen molar-refractivity contribution in [3.8, 4) is 0 Å². The Balaban J connectivity index is 1.85. The van der Waals surface area contributed by atoms with Crippen molar-refractivity contribution in [1.29, 1.82) is 0 Å². The van der Waals surface area contributed by atoms with Gasteiger partial charge in [-0.25, -0.2) is 12.8 Å². The van der Waals surface area contributed by atoms with E-state index in [1.165, 1.54) is 12.1 Å². The molecule has 0 aliphatic carbocycles. The van der Waals surface area contributed by atoms with E-state index >= 15 is 0 Å². The van der Waals surface area contributed by atoms with Crippen LogP contribution in [0, 0.1) is 5.82 Å². The van der Waals surface area contributed by atoms with E-state index < -0.39 is 15.9 Å². The first-order valence-electron chi connectivity index (χ1n) is 8.76. The van der Waals surface area contributed by atoms with Crippen LogP contribution in [0.1, 0.15) is 18.5 Å². The first-order chi connectivity index (χ1) is 13.3. The molecule has 0 fully saturated rings. The first kappa shape index (κ1) is 19.8. The number of sulfonamides is 1. The number of hydrogen-bond acceptors (Lipinski definition) is 3. The van der Waals surface area contributed by atoms with Crippen LogP contribution in [0.25, 0.3) is 10.8 Å². The van der Waals surface area contributed by atoms with Crippen LogP contribution in [0.3, 0.4) is 0 Å². The Morgan fingerprint density at radius 2 is 1.68 bits per heavy atom. The van der Waals surface area contributed by atoms with Crippen LogP contribution < -0.4 is 9.62 Å². The van der Waals surface area contributed by atoms with Crippen molar-refractivity contribution in [2.75, 3.05) is 17.1 Å². The number of carbonyl (C=O) groups is 1. The summed E-state index contributed by atoms with van der Waals surface area (Å²) in [6.07, 6.45) is 1.07. The molecule has 0 aliphatic rings. The van der Waals surface area contributed by atoms with Crippen molar-refractivity contribution in [2.24, 2.45) is 0 Å². The fourth-order valence-corrected chi connectivity index (χ4v) is 3.93. The SMILES string of the molecule is CC(NC(=O)CN(c1cccc2ccccc12)S(C)(=O)=O)c1ccc(F)cc1. The lowest BCUT2D eigenvalue weighted by molar-refractivity contribution is -0.120. The van der Waals surface area contributed by atoms with E-state index in [1.807, 2.05) is 30.3 Å². The second-order valence-corrected chi connectivity index (χ2v) is 8.52. The van der Waals surface area contributed by atoms with Crippen LogP contribution in [0.2, 0.25) is 0 Å². The third-order valence-electron chi connectivity index (χ3n) is 4.47. The summed E-state index contributed by atoms with van der Waals surface area (Å²) >= 11 is 0. The van der Waals surface area contributed by atoms with Gasteiger partial charge in [0.05, 0.1) is 18.0 Å². The van der Waals surface area contributed by atoms with Crippen LogP contribution in [0.5, 0.6) is 0 Å². The average Bonchev–Trinajstić information content (AvgIpc) is 2.65. The van der Waals surface area contributed by atoms with Crippen molar-refractivity contribution in [3.05, 3.63) is 78.1 Å². The number of nitrogens with zero attached hydrogens (tertiary/aromatic N) is 1. The van der Waals surface area contributed by atoms with E-state index in [2.05, 4.69) is 5.32 Å². The van der Waals surface area contributed by atoms with Gasteiger partial charge in [-0.05, 0) is 36.1 Å². The molecule has 1 atom stereocenters. The highest BCUT2D eigenvalue weighted by Gasteiger charge is 2.23. The average molecular weight is 400 g/mol. The van der Waals surface area contributed by atoms with Crippen LogP contribution in [0.15, 0.2) is 66.7 Å². The predicted octanol–water partition coefficient (Wildman–Crippen LogP) is 3.62. The third kappa shape index (κ3) is 4.48. The van der Waals surface area contributed by atoms with Crippen molar-refractivity contribution >= 4 is 32.4 Å². The van der Waals surface area contributed by atoms with E-state index in [9.17, 15) is 17.6 Å². The molecule has 1 amide bonds. The van der Waals surface area contributed by atoms with E-state index in [-0.39, 0.29) is 18.4 Å². The molecule has 3 aromatic rings. The summed E-state index contributed by atoms with van der Waals surface area (Å²) in [5, 5.41) is 4.40. The molecule has 5 nitrogen and oxygen atoms in total. The second-order valence-electron chi connectivity index (χ2n) is 6.61. The lowest BCUT2D eigenvalue weighted by Crippen LogP contribution is -2.41. The molecule has 0 radical (unpaired) electrons. The number of nitrogens with one attached hydrogen (secondary N) is 1. The van der Waals surface area contributed by atoms with Gasteiger partial charge in [0.2, 0.25) is 15.9 Å². The Hall–Kier alpha value is -2.93. The van der Waals surface area contributed by atoms with Crippen LogP contribution in [-0.4, -0.2) is 27.1 Å². The Morgan fingerprint density at radius 1 is 1.04 bits per heavy atom. The molecule has 0 aromatic heterocycles. The molecule has 28 heavy (non-hydrogen) atoms. The van der Waals surface area contributed by atoms with E-state index in [4.69, 9.17) is 0 Å². The summed E-state index contributed by atoms with van der Waals surface area (Å²) in [7, 11) is -3.69. The number of benzene rings is 3. The van der Waals surface area contributed by atoms with Gasteiger partial charge in [-0.15, -0.1) is 0 Å². The van der Waals surface area contributed by atoms with Crippen LogP contribution in [0.4, 0.5) is 10.1 Å². The first-order valence-corrected chi connectivity index (χ1v) is 10.6. The van der Waals surface area contributed by atoms with E-state index in [0.29, 0.717) is 5.69 Å². The molecule has 1 N–H and O–H groups in total. The van der Waals surface area contributed by atoms with Crippen LogP contribution in [-0.2, 0) is 14.8 Å². The topological polar surface area (TPSA) is 66.5 Å². The van der Waals surface area contributed by atoms with Gasteiger partial charge in [-0.1, -0.05) is 48.5 Å². The lowest BCUT2D eigenvalue weighted by Gasteiger charge is -2.24. The lowest BCUT2D eigenvalue weighted by atomic mass is 10.1. The Bertz CT molecular complexity index is 1090. The minimum atomic E-state index is -3.69. The molecule has 7 heteroatoms. The standard InChI is InChI=1S/C21H21FN2O3S/c1-15(16-10-12-18(22)13-11-16)23-21(25)14-24(28(2,26)27)20-9-5-7-17-6-3-4-8-19(17)20/h3-13,15H,14H2,1-2H3,(H,23,25). The summed E-state index contributed by atoms with van der Waals surface area (Å²) in [4.78, 5) is 12.6. The highest BCUT2D eigenvalue weighted by Crippen LogP contribution is 2.28. The van der Waals surface area contributed by atoms with Gasteiger partial charge in [0.15, 0.2) is 0 Å². The molecular weight excluding hydrogens is 379 g/mol. The van der Waals surface area contributed by atoms with Gasteiger partial charge in [0.1, 0.15) is 12.4 Å². The second kappa shape index (κ2) is 7.98. The number of hydrogen-bond donors (Lipinski definition) is 1. The summed E-state index contributed by atoms with van der Waals surface area (Å²) < 4.78 is 39.0. The highest BCUT2D eigenvalue weighted by atomic mass is 32.2. The summed E-state index contributed by atoms with van der Waals surface area (Å²) in [6.45, 7) is 1.41. The zero-order valence-electron chi connectivity index (χ0n) is 15.6. The Labute approximate surface area is 163 Å². The van der Waals surface area contributed by atoms with Crippen molar-refractivity contribution < 1.29 is 17.6 Å². The van der Waals surface area contributed by atoms with Gasteiger partial charge < -0.3 is 5.32 Å². The molecule has 146 valence electrons. The maximum atomic E-state index is 13.1. The smallest absolute Gasteiger partial charge is 0.241 e. The van der Waals surface area contributed by atoms with Gasteiger partial charge in [0, 0.05) is 5.39 Å². The fourth-order valence-electron chi connectivity index (χ4n) is 3.06. The van der Waals surface area contributed by atoms with Gasteiger partial charge in [-0.3, -0.25) is 9.10 Å². The molecule has 3 rings (SSSR count). The summed E-state index contributed by atoms with van der Waals surface area (Å²) in [6, 6.07) is 18.1. The number of amides is 1. The molecule has 0 saturated heterocycles. The predicted molar refractivity (Wildman–Crippen MR) is 109 cm³/mol. The van der Waals surface area contributed by atoms with Gasteiger partial charge in [0.25, 0.3) is 0 Å². The molecule has 0 spiro atoms. The monoisotopic (exact) mass is 400 g/mol. The molecule has 0 heterocycles. The Kier molecular flexibility index (Phi) is 5.65. The third-order valence-corrected chi connectivity index (χ3v) is 5.60. The summed E-state index contributed by atoms with van der Waals surface area (Å²) in [5.74, 6) is -0.809. The number of anilines is 1. The van der Waals surface area contributed by atoms with Crippen molar-refractivity contribution in [1.82, 2.24) is 5.32 Å². The molecule has 0 aliphatic heterocycles. The normalized spacial score (nSPS) is 12.5. The molecule has 1 unspecified atom stereocenters. The summed E-state index contributed by atoms with van der Waals surface area (Å²) in [5.41, 5.74) is 1.18. The maximum absolute atomic E-state index is 13.1. The Morgan fingerprint density at radius 3 is 2.36 bits per heavy atom. The zero-order chi connectivity index (χ0) is 20.3. The van der Waals surface area contributed by atoms with Gasteiger partial charge in [-0.2, -0.15) is 0 Å². The number of fused-ring (bicyclic) bond motifs is 1. The quantitative estimate of drug-likeness (QED) is 0.687. The van der Waals surface area contributed by atoms with Crippen molar-refractivity contribution in [3.63, 3.8) is 0 Å². The van der Waals surface area contributed by atoms with Crippen molar-refractivity contribution in [2.45, 2.75) is 13.0 Å².